The van der Waals surface area contributed by atoms with Gasteiger partial charge in [0, 0.05) is 22.0 Å². The fraction of sp³-hybridized carbons (Fsp3) is 0.368. The molecule has 0 unspecified atom stereocenters. The van der Waals surface area contributed by atoms with Crippen LogP contribution in [-0.2, 0) is 0 Å². The number of hydrogen-bond acceptors (Lipinski definition) is 9. The van der Waals surface area contributed by atoms with Crippen LogP contribution in [0.2, 0.25) is 0 Å². The largest absolute Gasteiger partial charge is 0.291 e. The van der Waals surface area contributed by atoms with E-state index in [9.17, 15) is 40.5 Å². The first-order chi connectivity index (χ1) is 15.0. The first-order valence-electron chi connectivity index (χ1n) is 9.48. The first kappa shape index (κ1) is 22.7. The van der Waals surface area contributed by atoms with Gasteiger partial charge >= 0.3 is 0 Å². The lowest BCUT2D eigenvalue weighted by molar-refractivity contribution is -0.605. The van der Waals surface area contributed by atoms with Gasteiger partial charge in [-0.1, -0.05) is 36.4 Å². The molecule has 168 valence electrons. The number of nitro groups is 4. The van der Waals surface area contributed by atoms with Gasteiger partial charge in [0.15, 0.2) is 0 Å². The van der Waals surface area contributed by atoms with E-state index in [1.807, 2.05) is 0 Å². The lowest BCUT2D eigenvalue weighted by Crippen LogP contribution is -2.63. The predicted octanol–water partition coefficient (Wildman–Crippen LogP) is 3.21. The van der Waals surface area contributed by atoms with E-state index in [1.54, 1.807) is 0 Å². The van der Waals surface area contributed by atoms with Crippen LogP contribution in [-0.4, -0.2) is 31.8 Å². The van der Waals surface area contributed by atoms with Crippen LogP contribution in [0.3, 0.4) is 0 Å². The summed E-state index contributed by atoms with van der Waals surface area (Å²) in [5.74, 6) is 0. The molecule has 0 saturated carbocycles. The van der Waals surface area contributed by atoms with Crippen molar-refractivity contribution in [2.75, 3.05) is 0 Å². The van der Waals surface area contributed by atoms with Crippen molar-refractivity contribution >= 4 is 11.4 Å². The summed E-state index contributed by atoms with van der Waals surface area (Å²) in [5, 5.41) is 50.1. The van der Waals surface area contributed by atoms with Crippen molar-refractivity contribution in [2.45, 2.75) is 38.0 Å². The second-order valence-corrected chi connectivity index (χ2v) is 8.04. The Morgan fingerprint density at radius 1 is 0.688 bits per heavy atom. The highest BCUT2D eigenvalue weighted by molar-refractivity contribution is 5.46. The fourth-order valence-electron chi connectivity index (χ4n) is 4.55. The molecule has 13 nitrogen and oxygen atoms in total. The zero-order valence-electron chi connectivity index (χ0n) is 17.0. The maximum atomic E-state index is 12.1. The summed E-state index contributed by atoms with van der Waals surface area (Å²) in [6.07, 6.45) is 0. The van der Waals surface area contributed by atoms with E-state index < -0.39 is 60.7 Å². The molecule has 0 aliphatic carbocycles. The van der Waals surface area contributed by atoms with Gasteiger partial charge in [-0.3, -0.25) is 45.8 Å². The molecule has 4 atom stereocenters. The Labute approximate surface area is 180 Å². The van der Waals surface area contributed by atoms with Crippen LogP contribution in [0.1, 0.15) is 37.1 Å². The highest BCUT2D eigenvalue weighted by atomic mass is 16.6. The summed E-state index contributed by atoms with van der Waals surface area (Å²) in [7, 11) is 0. The molecule has 0 aromatic heterocycles. The Balaban J connectivity index is 2.29. The van der Waals surface area contributed by atoms with Gasteiger partial charge in [0.2, 0.25) is 12.1 Å². The van der Waals surface area contributed by atoms with Crippen LogP contribution in [0.25, 0.3) is 0 Å². The molecule has 2 aromatic rings. The van der Waals surface area contributed by atoms with Crippen LogP contribution in [0, 0.1) is 45.9 Å². The van der Waals surface area contributed by atoms with Crippen molar-refractivity contribution in [1.29, 1.82) is 0 Å². The number of nitrogens with zero attached hydrogens (tertiary/aromatic N) is 4. The predicted molar refractivity (Wildman–Crippen MR) is 110 cm³/mol. The van der Waals surface area contributed by atoms with Crippen molar-refractivity contribution < 1.29 is 19.7 Å². The molecule has 2 aromatic carbocycles. The Morgan fingerprint density at radius 2 is 1.03 bits per heavy atom. The topological polar surface area (TPSA) is 185 Å². The zero-order valence-corrected chi connectivity index (χ0v) is 17.0. The average molecular weight is 445 g/mol. The molecule has 13 heteroatoms. The fourth-order valence-corrected chi connectivity index (χ4v) is 4.55. The molecule has 1 aliphatic heterocycles. The third-order valence-electron chi connectivity index (χ3n) is 5.91. The van der Waals surface area contributed by atoms with Gasteiger partial charge in [0.05, 0.1) is 21.0 Å². The van der Waals surface area contributed by atoms with Gasteiger partial charge in [0.25, 0.3) is 11.4 Å². The number of benzene rings is 2. The van der Waals surface area contributed by atoms with E-state index in [1.165, 1.54) is 62.4 Å². The minimum Gasteiger partial charge on any atom is -0.291 e. The van der Waals surface area contributed by atoms with E-state index >= 15 is 0 Å². The Kier molecular flexibility index (Phi) is 5.86. The lowest BCUT2D eigenvalue weighted by Gasteiger charge is -2.44. The Bertz CT molecular complexity index is 1020. The monoisotopic (exact) mass is 445 g/mol. The van der Waals surface area contributed by atoms with Gasteiger partial charge in [0.1, 0.15) is 17.5 Å². The smallest absolute Gasteiger partial charge is 0.274 e. The number of nitrogens with one attached hydrogen (secondary N) is 1. The lowest BCUT2D eigenvalue weighted by atomic mass is 9.66. The normalized spacial score (nSPS) is 24.4. The molecule has 1 heterocycles. The maximum absolute atomic E-state index is 12.1. The van der Waals surface area contributed by atoms with E-state index in [4.69, 9.17) is 0 Å². The highest BCUT2D eigenvalue weighted by Crippen LogP contribution is 2.49. The molecule has 3 rings (SSSR count). The van der Waals surface area contributed by atoms with Crippen LogP contribution in [0.15, 0.2) is 48.5 Å². The summed E-state index contributed by atoms with van der Waals surface area (Å²) < 4.78 is 0. The van der Waals surface area contributed by atoms with E-state index in [2.05, 4.69) is 5.32 Å². The summed E-state index contributed by atoms with van der Waals surface area (Å²) in [4.78, 5) is 44.6. The van der Waals surface area contributed by atoms with Crippen molar-refractivity contribution in [1.82, 2.24) is 5.32 Å². The molecule has 0 spiro atoms. The average Bonchev–Trinajstić information content (AvgIpc) is 2.71. The molecule has 0 amide bonds. The molecule has 0 bridgehead atoms. The number of rotatable bonds is 6. The number of piperidine rings is 1. The van der Waals surface area contributed by atoms with Crippen LogP contribution in [0.5, 0.6) is 0 Å². The molecular weight excluding hydrogens is 426 g/mol. The number of para-hydroxylation sites is 2. The number of nitro benzene ring substituents is 2. The second-order valence-electron chi connectivity index (χ2n) is 8.04. The molecular formula is C19H19N5O8. The molecule has 1 aliphatic rings. The molecule has 1 N–H and O–H groups in total. The molecule has 1 fully saturated rings. The van der Waals surface area contributed by atoms with Crippen molar-refractivity contribution in [2.24, 2.45) is 5.41 Å². The third kappa shape index (κ3) is 3.73. The van der Waals surface area contributed by atoms with Crippen LogP contribution >= 0.6 is 0 Å². The Morgan fingerprint density at radius 3 is 1.34 bits per heavy atom. The number of hydrogen-bond donors (Lipinski definition) is 1. The van der Waals surface area contributed by atoms with Gasteiger partial charge in [-0.25, -0.2) is 0 Å². The minimum absolute atomic E-state index is 0.0299. The van der Waals surface area contributed by atoms with Crippen molar-refractivity contribution in [3.8, 4) is 0 Å². The van der Waals surface area contributed by atoms with Crippen molar-refractivity contribution in [3.63, 3.8) is 0 Å². The summed E-state index contributed by atoms with van der Waals surface area (Å²) in [6.45, 7) is 2.66. The van der Waals surface area contributed by atoms with E-state index in [0.29, 0.717) is 0 Å². The second kappa shape index (κ2) is 8.26. The van der Waals surface area contributed by atoms with Crippen molar-refractivity contribution in [3.05, 3.63) is 100 Å². The molecule has 1 saturated heterocycles. The van der Waals surface area contributed by atoms with Gasteiger partial charge in [-0.2, -0.15) is 0 Å². The summed E-state index contributed by atoms with van der Waals surface area (Å²) in [6, 6.07) is 4.88. The van der Waals surface area contributed by atoms with E-state index in [-0.39, 0.29) is 11.1 Å². The highest BCUT2D eigenvalue weighted by Gasteiger charge is 2.64. The first-order valence-corrected chi connectivity index (χ1v) is 9.48. The molecule has 32 heavy (non-hydrogen) atoms. The standard InChI is InChI=1S/C19H19N5O8/c1-19(2)17(23(29)30)15(11-7-3-5-9-13(11)21(25)26)20-16(18(19)24(31)32)12-8-4-6-10-14(12)22(27)28/h3-10,15-18,20H,1-2H3/t15-,16-,17-,18+/m1/s1. The molecule has 0 radical (unpaired) electrons. The quantitative estimate of drug-likeness (QED) is 0.515. The summed E-state index contributed by atoms with van der Waals surface area (Å²) in [5.41, 5.74) is -2.49. The van der Waals surface area contributed by atoms with Gasteiger partial charge in [-0.05, 0) is 13.8 Å². The van der Waals surface area contributed by atoms with Gasteiger partial charge in [-0.15, -0.1) is 0 Å². The van der Waals surface area contributed by atoms with E-state index in [0.717, 1.165) is 0 Å². The minimum atomic E-state index is -1.64. The third-order valence-corrected chi connectivity index (χ3v) is 5.91. The van der Waals surface area contributed by atoms with Crippen LogP contribution in [0.4, 0.5) is 11.4 Å². The SMILES string of the molecule is CC1(C)[C@@H]([N+](=O)[O-])[C@@H](c2ccccc2[N+](=O)[O-])N[C@H](c2ccccc2[N+](=O)[O-])[C@H]1[N+](=O)[O-]. The van der Waals surface area contributed by atoms with Gasteiger partial charge < -0.3 is 0 Å². The maximum Gasteiger partial charge on any atom is 0.274 e. The van der Waals surface area contributed by atoms with Crippen LogP contribution < -0.4 is 5.32 Å². The Hall–Kier alpha value is -4.00. The summed E-state index contributed by atoms with van der Waals surface area (Å²) >= 11 is 0. The zero-order chi connectivity index (χ0) is 23.8.